The number of halogens is 1. The summed E-state index contributed by atoms with van der Waals surface area (Å²) < 4.78 is 0. The zero-order valence-electron chi connectivity index (χ0n) is 18.8. The molecular formula is C25H26ClN3O5. The Hall–Kier alpha value is -3.13. The summed E-state index contributed by atoms with van der Waals surface area (Å²) in [4.78, 5) is 52.0. The maximum atomic E-state index is 13.5. The second-order valence-corrected chi connectivity index (χ2v) is 10.4. The number of benzene rings is 2. The van der Waals surface area contributed by atoms with E-state index in [4.69, 9.17) is 11.6 Å². The number of nitrogens with one attached hydrogen (secondary N) is 1. The van der Waals surface area contributed by atoms with Gasteiger partial charge < -0.3 is 10.0 Å². The second-order valence-electron chi connectivity index (χ2n) is 9.59. The van der Waals surface area contributed by atoms with Crippen LogP contribution >= 0.6 is 11.6 Å². The molecule has 0 saturated carbocycles. The summed E-state index contributed by atoms with van der Waals surface area (Å²) >= 11 is 6.77. The number of aliphatic carboxylic acids is 1. The van der Waals surface area contributed by atoms with Gasteiger partial charge in [-0.25, -0.2) is 0 Å². The first-order valence-electron chi connectivity index (χ1n) is 11.6. The van der Waals surface area contributed by atoms with Crippen LogP contribution in [0.2, 0.25) is 0 Å². The summed E-state index contributed by atoms with van der Waals surface area (Å²) in [5.74, 6) is -2.33. The van der Waals surface area contributed by atoms with Gasteiger partial charge in [0.05, 0.1) is 17.2 Å². The van der Waals surface area contributed by atoms with Gasteiger partial charge in [0.2, 0.25) is 11.8 Å². The molecule has 3 aliphatic rings. The average Bonchev–Trinajstić information content (AvgIpc) is 3.07. The lowest BCUT2D eigenvalue weighted by atomic mass is 9.86. The summed E-state index contributed by atoms with van der Waals surface area (Å²) in [5, 5.41) is 13.3. The highest BCUT2D eigenvalue weighted by atomic mass is 35.5. The van der Waals surface area contributed by atoms with E-state index < -0.39 is 28.7 Å². The Kier molecular flexibility index (Phi) is 5.51. The van der Waals surface area contributed by atoms with Crippen LogP contribution in [0.1, 0.15) is 49.4 Å². The van der Waals surface area contributed by atoms with Crippen molar-refractivity contribution < 1.29 is 24.3 Å². The number of carboxylic acid groups (broad SMARTS) is 1. The lowest BCUT2D eigenvalue weighted by Crippen LogP contribution is -2.53. The van der Waals surface area contributed by atoms with Gasteiger partial charge in [-0.3, -0.25) is 29.4 Å². The number of imide groups is 1. The van der Waals surface area contributed by atoms with Crippen LogP contribution in [0.4, 0.5) is 11.4 Å². The minimum Gasteiger partial charge on any atom is -0.481 e. The summed E-state index contributed by atoms with van der Waals surface area (Å²) in [6.07, 6.45) is 2.22. The molecule has 2 N–H and O–H groups in total. The monoisotopic (exact) mass is 483 g/mol. The zero-order valence-corrected chi connectivity index (χ0v) is 19.6. The summed E-state index contributed by atoms with van der Waals surface area (Å²) in [7, 11) is 0. The zero-order chi connectivity index (χ0) is 24.2. The molecule has 3 aliphatic heterocycles. The van der Waals surface area contributed by atoms with Gasteiger partial charge in [-0.1, -0.05) is 19.1 Å². The normalized spacial score (nSPS) is 22.8. The molecule has 9 heteroatoms. The van der Waals surface area contributed by atoms with Gasteiger partial charge in [0.15, 0.2) is 0 Å². The number of nitrogens with zero attached hydrogens (tertiary/aromatic N) is 2. The molecule has 5 rings (SSSR count). The fourth-order valence-corrected chi connectivity index (χ4v) is 5.83. The standard InChI is InChI=1S/C25H26ClN3O5/c1-14(24(33)34)13-25(26)7-9-28(10-8-25)16-11-15-3-2-4-18-21(15)17(12-16)23(32)29(18)19-5-6-20(30)27-22(19)31/h2-4,11-12,14,19H,5-10,13H2,1H3,(H,33,34)(H,27,30,31). The quantitative estimate of drug-likeness (QED) is 0.499. The number of carbonyl (C=O) groups excluding carboxylic acids is 3. The molecule has 2 saturated heterocycles. The Morgan fingerprint density at radius 1 is 1.24 bits per heavy atom. The van der Waals surface area contributed by atoms with E-state index in [1.807, 2.05) is 30.3 Å². The Morgan fingerprint density at radius 2 is 1.97 bits per heavy atom. The van der Waals surface area contributed by atoms with Crippen molar-refractivity contribution in [3.63, 3.8) is 0 Å². The number of rotatable bonds is 5. The van der Waals surface area contributed by atoms with Crippen LogP contribution in [0.5, 0.6) is 0 Å². The number of carboxylic acids is 1. The van der Waals surface area contributed by atoms with Gasteiger partial charge in [0.1, 0.15) is 6.04 Å². The number of anilines is 2. The Morgan fingerprint density at radius 3 is 2.65 bits per heavy atom. The van der Waals surface area contributed by atoms with E-state index >= 15 is 0 Å². The van der Waals surface area contributed by atoms with Crippen LogP contribution in [0.3, 0.4) is 0 Å². The van der Waals surface area contributed by atoms with Crippen molar-refractivity contribution in [3.8, 4) is 0 Å². The molecule has 2 aromatic carbocycles. The largest absolute Gasteiger partial charge is 0.481 e. The lowest BCUT2D eigenvalue weighted by molar-refractivity contribution is -0.141. The second kappa shape index (κ2) is 8.27. The summed E-state index contributed by atoms with van der Waals surface area (Å²) in [5.41, 5.74) is 2.15. The van der Waals surface area contributed by atoms with Crippen molar-refractivity contribution in [1.82, 2.24) is 5.32 Å². The Bertz CT molecular complexity index is 1220. The molecule has 2 aromatic rings. The lowest BCUT2D eigenvalue weighted by Gasteiger charge is -2.39. The third-order valence-electron chi connectivity index (χ3n) is 7.29. The molecule has 2 atom stereocenters. The van der Waals surface area contributed by atoms with Crippen LogP contribution in [-0.4, -0.2) is 52.8 Å². The molecule has 34 heavy (non-hydrogen) atoms. The Labute approximate surface area is 201 Å². The van der Waals surface area contributed by atoms with Crippen LogP contribution < -0.4 is 15.1 Å². The van der Waals surface area contributed by atoms with Crippen molar-refractivity contribution >= 4 is 57.4 Å². The highest BCUT2D eigenvalue weighted by Crippen LogP contribution is 2.43. The van der Waals surface area contributed by atoms with E-state index in [2.05, 4.69) is 10.2 Å². The predicted molar refractivity (Wildman–Crippen MR) is 128 cm³/mol. The van der Waals surface area contributed by atoms with E-state index in [9.17, 15) is 24.3 Å². The molecule has 2 fully saturated rings. The molecule has 0 spiro atoms. The van der Waals surface area contributed by atoms with Crippen LogP contribution in [0, 0.1) is 5.92 Å². The summed E-state index contributed by atoms with van der Waals surface area (Å²) in [6.45, 7) is 3.00. The smallest absolute Gasteiger partial charge is 0.306 e. The van der Waals surface area contributed by atoms with Crippen molar-refractivity contribution in [2.45, 2.75) is 49.9 Å². The van der Waals surface area contributed by atoms with Crippen LogP contribution in [0.25, 0.3) is 10.8 Å². The average molecular weight is 484 g/mol. The van der Waals surface area contributed by atoms with Crippen LogP contribution in [-0.2, 0) is 14.4 Å². The molecule has 0 aromatic heterocycles. The van der Waals surface area contributed by atoms with Gasteiger partial charge in [-0.2, -0.15) is 0 Å². The van der Waals surface area contributed by atoms with Crippen molar-refractivity contribution in [3.05, 3.63) is 35.9 Å². The van der Waals surface area contributed by atoms with Gasteiger partial charge in [0, 0.05) is 35.5 Å². The fourth-order valence-electron chi connectivity index (χ4n) is 5.43. The first kappa shape index (κ1) is 22.7. The van der Waals surface area contributed by atoms with E-state index in [-0.39, 0.29) is 18.2 Å². The summed E-state index contributed by atoms with van der Waals surface area (Å²) in [6, 6.07) is 8.88. The first-order valence-corrected chi connectivity index (χ1v) is 12.0. The Balaban J connectivity index is 1.41. The highest BCUT2D eigenvalue weighted by Gasteiger charge is 2.41. The molecule has 3 heterocycles. The molecular weight excluding hydrogens is 458 g/mol. The SMILES string of the molecule is CC(CC1(Cl)CCN(c2cc3c4c(cccc4c2)N(C2CCC(=O)NC2=O)C3=O)CC1)C(=O)O. The van der Waals surface area contributed by atoms with Gasteiger partial charge >= 0.3 is 5.97 Å². The molecule has 8 nitrogen and oxygen atoms in total. The van der Waals surface area contributed by atoms with Crippen molar-refractivity contribution in [2.24, 2.45) is 5.92 Å². The third-order valence-corrected chi connectivity index (χ3v) is 7.82. The molecule has 2 unspecified atom stereocenters. The van der Waals surface area contributed by atoms with Crippen molar-refractivity contribution in [2.75, 3.05) is 22.9 Å². The molecule has 0 bridgehead atoms. The molecule has 3 amide bonds. The first-order chi connectivity index (χ1) is 16.2. The predicted octanol–water partition coefficient (Wildman–Crippen LogP) is 3.29. The highest BCUT2D eigenvalue weighted by molar-refractivity contribution is 6.27. The van der Waals surface area contributed by atoms with E-state index in [1.165, 1.54) is 4.90 Å². The number of carbonyl (C=O) groups is 4. The van der Waals surface area contributed by atoms with E-state index in [1.54, 1.807) is 6.92 Å². The van der Waals surface area contributed by atoms with Gasteiger partial charge in [-0.15, -0.1) is 11.6 Å². The van der Waals surface area contributed by atoms with E-state index in [0.717, 1.165) is 16.5 Å². The maximum Gasteiger partial charge on any atom is 0.306 e. The number of amides is 3. The number of hydrogen-bond donors (Lipinski definition) is 2. The van der Waals surface area contributed by atoms with Crippen molar-refractivity contribution in [1.29, 1.82) is 0 Å². The number of hydrogen-bond acceptors (Lipinski definition) is 5. The van der Waals surface area contributed by atoms with Gasteiger partial charge in [-0.05, 0) is 49.3 Å². The minimum absolute atomic E-state index is 0.201. The van der Waals surface area contributed by atoms with Gasteiger partial charge in [0.25, 0.3) is 5.91 Å². The number of piperidine rings is 2. The molecule has 0 aliphatic carbocycles. The van der Waals surface area contributed by atoms with Crippen LogP contribution in [0.15, 0.2) is 30.3 Å². The maximum absolute atomic E-state index is 13.5. The third kappa shape index (κ3) is 3.79. The topological polar surface area (TPSA) is 107 Å². The fraction of sp³-hybridized carbons (Fsp3) is 0.440. The van der Waals surface area contributed by atoms with E-state index in [0.29, 0.717) is 50.0 Å². The molecule has 0 radical (unpaired) electrons. The minimum atomic E-state index is -0.838. The molecule has 178 valence electrons. The number of alkyl halides is 1.